The van der Waals surface area contributed by atoms with Gasteiger partial charge in [0.1, 0.15) is 23.7 Å². The zero-order chi connectivity index (χ0) is 19.7. The van der Waals surface area contributed by atoms with E-state index < -0.39 is 53.4 Å². The molecule has 1 fully saturated rings. The van der Waals surface area contributed by atoms with Gasteiger partial charge in [0.05, 0.1) is 13.2 Å². The largest absolute Gasteiger partial charge is 0.467 e. The highest BCUT2D eigenvalue weighted by molar-refractivity contribution is 5.87. The molecule has 0 aromatic heterocycles. The maximum atomic E-state index is 14.2. The van der Waals surface area contributed by atoms with Gasteiger partial charge in [-0.05, 0) is 31.5 Å². The molecule has 1 aliphatic rings. The van der Waals surface area contributed by atoms with Gasteiger partial charge in [-0.15, -0.1) is 0 Å². The van der Waals surface area contributed by atoms with Crippen LogP contribution in [0.4, 0.5) is 22.0 Å². The Morgan fingerprint density at radius 3 is 2.58 bits per heavy atom. The molecular weight excluding hydrogens is 363 g/mol. The summed E-state index contributed by atoms with van der Waals surface area (Å²) >= 11 is 0. The maximum absolute atomic E-state index is 14.2. The number of carbonyl (C=O) groups is 2. The fourth-order valence-electron chi connectivity index (χ4n) is 2.93. The number of nitrogens with one attached hydrogen (secondary N) is 1. The van der Waals surface area contributed by atoms with Gasteiger partial charge >= 0.3 is 12.1 Å². The van der Waals surface area contributed by atoms with Gasteiger partial charge in [-0.25, -0.2) is 13.6 Å². The molecule has 0 bridgehead atoms. The Kier molecular flexibility index (Phi) is 5.55. The lowest BCUT2D eigenvalue weighted by Crippen LogP contribution is -2.55. The van der Waals surface area contributed by atoms with Crippen LogP contribution >= 0.6 is 0 Å². The Balaban J connectivity index is 2.31. The summed E-state index contributed by atoms with van der Waals surface area (Å²) in [6.07, 6.45) is -4.59. The molecule has 0 saturated carbocycles. The van der Waals surface area contributed by atoms with Crippen molar-refractivity contribution in [2.24, 2.45) is 0 Å². The van der Waals surface area contributed by atoms with Crippen LogP contribution in [0.25, 0.3) is 0 Å². The third-order valence-corrected chi connectivity index (χ3v) is 4.19. The summed E-state index contributed by atoms with van der Waals surface area (Å²) in [6, 6.07) is 1.25. The van der Waals surface area contributed by atoms with Gasteiger partial charge in [0.2, 0.25) is 5.91 Å². The molecule has 1 amide bonds. The van der Waals surface area contributed by atoms with Crippen molar-refractivity contribution in [3.8, 4) is 0 Å². The first-order valence-corrected chi connectivity index (χ1v) is 7.65. The molecule has 1 aromatic carbocycles. The molecule has 26 heavy (non-hydrogen) atoms. The first-order valence-electron chi connectivity index (χ1n) is 7.65. The standard InChI is InChI=1S/C16H17F5N2O3/c1-15(14(25)26-2,10-7-9(17)3-4-11(10)18)22-12-5-6-23(13(12)24)8-16(19,20)21/h3-4,7,12,22H,5-6,8H2,1-2H3. The average Bonchev–Trinajstić information content (AvgIpc) is 2.87. The summed E-state index contributed by atoms with van der Waals surface area (Å²) in [6.45, 7) is -0.428. The van der Waals surface area contributed by atoms with Crippen LogP contribution in [-0.2, 0) is 19.9 Å². The Morgan fingerprint density at radius 2 is 2.00 bits per heavy atom. The van der Waals surface area contributed by atoms with Crippen LogP contribution in [0.1, 0.15) is 18.9 Å². The number of likely N-dealkylation sites (tertiary alicyclic amines) is 1. The van der Waals surface area contributed by atoms with Crippen LogP contribution in [0.2, 0.25) is 0 Å². The Bertz CT molecular complexity index is 710. The normalized spacial score (nSPS) is 20.2. The fourth-order valence-corrected chi connectivity index (χ4v) is 2.93. The number of rotatable bonds is 5. The van der Waals surface area contributed by atoms with Crippen LogP contribution in [0.3, 0.4) is 0 Å². The van der Waals surface area contributed by atoms with E-state index in [1.807, 2.05) is 0 Å². The summed E-state index contributed by atoms with van der Waals surface area (Å²) in [5.74, 6) is -3.64. The predicted octanol–water partition coefficient (Wildman–Crippen LogP) is 2.11. The average molecular weight is 380 g/mol. The number of benzene rings is 1. The highest BCUT2D eigenvalue weighted by Gasteiger charge is 2.46. The second-order valence-corrected chi connectivity index (χ2v) is 6.10. The van der Waals surface area contributed by atoms with Gasteiger partial charge < -0.3 is 9.64 Å². The van der Waals surface area contributed by atoms with Crippen LogP contribution in [0.15, 0.2) is 18.2 Å². The molecule has 2 rings (SSSR count). The summed E-state index contributed by atoms with van der Waals surface area (Å²) in [5, 5.41) is 2.55. The highest BCUT2D eigenvalue weighted by Crippen LogP contribution is 2.29. The van der Waals surface area contributed by atoms with Gasteiger partial charge in [-0.3, -0.25) is 10.1 Å². The number of esters is 1. The van der Waals surface area contributed by atoms with Crippen LogP contribution < -0.4 is 5.32 Å². The number of amides is 1. The van der Waals surface area contributed by atoms with Crippen molar-refractivity contribution in [1.29, 1.82) is 0 Å². The van der Waals surface area contributed by atoms with E-state index in [2.05, 4.69) is 10.1 Å². The summed E-state index contributed by atoms with van der Waals surface area (Å²) < 4.78 is 69.9. The summed E-state index contributed by atoms with van der Waals surface area (Å²) in [5.41, 5.74) is -2.37. The number of halogens is 5. The van der Waals surface area contributed by atoms with Crippen molar-refractivity contribution >= 4 is 11.9 Å². The van der Waals surface area contributed by atoms with Crippen molar-refractivity contribution in [2.45, 2.75) is 31.1 Å². The lowest BCUT2D eigenvalue weighted by atomic mass is 9.90. The molecule has 10 heteroatoms. The molecule has 5 nitrogen and oxygen atoms in total. The lowest BCUT2D eigenvalue weighted by molar-refractivity contribution is -0.158. The predicted molar refractivity (Wildman–Crippen MR) is 79.9 cm³/mol. The highest BCUT2D eigenvalue weighted by atomic mass is 19.4. The third-order valence-electron chi connectivity index (χ3n) is 4.19. The van der Waals surface area contributed by atoms with Crippen molar-refractivity contribution in [2.75, 3.05) is 20.2 Å². The molecule has 1 aliphatic heterocycles. The fraction of sp³-hybridized carbons (Fsp3) is 0.500. The van der Waals surface area contributed by atoms with Gasteiger partial charge in [0.25, 0.3) is 0 Å². The zero-order valence-corrected chi connectivity index (χ0v) is 14.0. The van der Waals surface area contributed by atoms with Crippen LogP contribution in [-0.4, -0.2) is 49.2 Å². The number of hydrogen-bond acceptors (Lipinski definition) is 4. The van der Waals surface area contributed by atoms with E-state index in [-0.39, 0.29) is 13.0 Å². The van der Waals surface area contributed by atoms with Crippen molar-refractivity contribution in [3.05, 3.63) is 35.4 Å². The minimum absolute atomic E-state index is 0.0293. The summed E-state index contributed by atoms with van der Waals surface area (Å²) in [4.78, 5) is 25.0. The molecule has 0 radical (unpaired) electrons. The summed E-state index contributed by atoms with van der Waals surface area (Å²) in [7, 11) is 1.02. The van der Waals surface area contributed by atoms with E-state index in [4.69, 9.17) is 0 Å². The monoisotopic (exact) mass is 380 g/mol. The van der Waals surface area contributed by atoms with E-state index in [1.54, 1.807) is 0 Å². The van der Waals surface area contributed by atoms with E-state index in [0.29, 0.717) is 4.90 Å². The molecule has 1 N–H and O–H groups in total. The number of hydrogen-bond donors (Lipinski definition) is 1. The van der Waals surface area contributed by atoms with E-state index in [1.165, 1.54) is 6.92 Å². The van der Waals surface area contributed by atoms with Gasteiger partial charge in [-0.2, -0.15) is 13.2 Å². The molecule has 2 atom stereocenters. The second-order valence-electron chi connectivity index (χ2n) is 6.10. The van der Waals surface area contributed by atoms with E-state index in [9.17, 15) is 31.5 Å². The second kappa shape index (κ2) is 7.18. The van der Waals surface area contributed by atoms with Gasteiger partial charge in [-0.1, -0.05) is 0 Å². The van der Waals surface area contributed by atoms with Crippen molar-refractivity contribution in [1.82, 2.24) is 10.2 Å². The quantitative estimate of drug-likeness (QED) is 0.628. The van der Waals surface area contributed by atoms with E-state index in [0.717, 1.165) is 25.3 Å². The van der Waals surface area contributed by atoms with Crippen LogP contribution in [0, 0.1) is 11.6 Å². The number of alkyl halides is 3. The lowest BCUT2D eigenvalue weighted by Gasteiger charge is -2.31. The minimum atomic E-state index is -4.56. The molecule has 1 heterocycles. The van der Waals surface area contributed by atoms with Crippen molar-refractivity contribution < 1.29 is 36.3 Å². The van der Waals surface area contributed by atoms with Gasteiger partial charge in [0.15, 0.2) is 0 Å². The SMILES string of the molecule is COC(=O)C(C)(NC1CCN(CC(F)(F)F)C1=O)c1cc(F)ccc1F. The van der Waals surface area contributed by atoms with E-state index >= 15 is 0 Å². The first-order chi connectivity index (χ1) is 12.0. The van der Waals surface area contributed by atoms with Crippen LogP contribution in [0.5, 0.6) is 0 Å². The molecule has 1 aromatic rings. The number of carbonyl (C=O) groups excluding carboxylic acids is 2. The Hall–Kier alpha value is -2.23. The Morgan fingerprint density at radius 1 is 1.35 bits per heavy atom. The molecule has 144 valence electrons. The number of ether oxygens (including phenoxy) is 1. The third kappa shape index (κ3) is 4.12. The molecule has 1 saturated heterocycles. The zero-order valence-electron chi connectivity index (χ0n) is 14.0. The smallest absolute Gasteiger partial charge is 0.406 e. The minimum Gasteiger partial charge on any atom is -0.467 e. The first kappa shape index (κ1) is 20.1. The molecule has 2 unspecified atom stereocenters. The van der Waals surface area contributed by atoms with Gasteiger partial charge in [0, 0.05) is 12.1 Å². The number of methoxy groups -OCH3 is 1. The molecule has 0 aliphatic carbocycles. The topological polar surface area (TPSA) is 58.6 Å². The maximum Gasteiger partial charge on any atom is 0.406 e. The Labute approximate surface area is 146 Å². The molecular formula is C16H17F5N2O3. The number of nitrogens with zero attached hydrogens (tertiary/aromatic N) is 1. The molecule has 0 spiro atoms. The van der Waals surface area contributed by atoms with Crippen molar-refractivity contribution in [3.63, 3.8) is 0 Å².